The molecule has 2 rings (SSSR count). The van der Waals surface area contributed by atoms with Crippen LogP contribution in [0.4, 0.5) is 0 Å². The van der Waals surface area contributed by atoms with Crippen molar-refractivity contribution < 1.29 is 19.8 Å². The predicted molar refractivity (Wildman–Crippen MR) is 80.9 cm³/mol. The molecule has 0 heterocycles. The monoisotopic (exact) mass is 300 g/mol. The van der Waals surface area contributed by atoms with Crippen LogP contribution < -0.4 is 10.6 Å². The SMILES string of the molecule is O=C(NCCNC(=O)c1ccccc1O)c1cccc(O)c1. The summed E-state index contributed by atoms with van der Waals surface area (Å²) in [7, 11) is 0. The van der Waals surface area contributed by atoms with E-state index < -0.39 is 5.91 Å². The third-order valence-corrected chi connectivity index (χ3v) is 2.95. The first-order chi connectivity index (χ1) is 10.6. The standard InChI is InChI=1S/C16H16N2O4/c19-12-5-3-4-11(10-12)15(21)17-8-9-18-16(22)13-6-1-2-7-14(13)20/h1-7,10,19-20H,8-9H2,(H,17,21)(H,18,22). The van der Waals surface area contributed by atoms with Crippen LogP contribution in [-0.2, 0) is 0 Å². The molecule has 0 bridgehead atoms. The van der Waals surface area contributed by atoms with Gasteiger partial charge in [-0.05, 0) is 30.3 Å². The molecule has 0 spiro atoms. The van der Waals surface area contributed by atoms with Gasteiger partial charge in [0.25, 0.3) is 11.8 Å². The van der Waals surface area contributed by atoms with E-state index >= 15 is 0 Å². The van der Waals surface area contributed by atoms with Crippen molar-refractivity contribution in [3.63, 3.8) is 0 Å². The predicted octanol–water partition coefficient (Wildman–Crippen LogP) is 1.26. The van der Waals surface area contributed by atoms with E-state index in [4.69, 9.17) is 0 Å². The highest BCUT2D eigenvalue weighted by Gasteiger charge is 2.10. The van der Waals surface area contributed by atoms with Gasteiger partial charge in [0.2, 0.25) is 0 Å². The minimum atomic E-state index is -0.412. The van der Waals surface area contributed by atoms with Crippen molar-refractivity contribution in [1.29, 1.82) is 0 Å². The lowest BCUT2D eigenvalue weighted by molar-refractivity contribution is 0.0926. The first-order valence-corrected chi connectivity index (χ1v) is 6.71. The number of amides is 2. The molecule has 0 radical (unpaired) electrons. The fourth-order valence-corrected chi connectivity index (χ4v) is 1.86. The van der Waals surface area contributed by atoms with Crippen LogP contribution in [0.2, 0.25) is 0 Å². The Morgan fingerprint density at radius 1 is 0.864 bits per heavy atom. The molecule has 0 aliphatic carbocycles. The van der Waals surface area contributed by atoms with Gasteiger partial charge in [-0.25, -0.2) is 0 Å². The van der Waals surface area contributed by atoms with E-state index in [0.29, 0.717) is 5.56 Å². The summed E-state index contributed by atoms with van der Waals surface area (Å²) >= 11 is 0. The second kappa shape index (κ2) is 7.12. The molecule has 2 aromatic carbocycles. The Morgan fingerprint density at radius 3 is 2.23 bits per heavy atom. The van der Waals surface area contributed by atoms with E-state index in [9.17, 15) is 19.8 Å². The Balaban J connectivity index is 1.79. The van der Waals surface area contributed by atoms with Gasteiger partial charge in [-0.3, -0.25) is 9.59 Å². The lowest BCUT2D eigenvalue weighted by Gasteiger charge is -2.08. The lowest BCUT2D eigenvalue weighted by atomic mass is 10.2. The first kappa shape index (κ1) is 15.4. The molecule has 2 aromatic rings. The van der Waals surface area contributed by atoms with E-state index in [2.05, 4.69) is 10.6 Å². The summed E-state index contributed by atoms with van der Waals surface area (Å²) in [6.07, 6.45) is 0. The average Bonchev–Trinajstić information content (AvgIpc) is 2.51. The maximum absolute atomic E-state index is 11.8. The molecule has 114 valence electrons. The molecular formula is C16H16N2O4. The summed E-state index contributed by atoms with van der Waals surface area (Å²) in [6, 6.07) is 12.2. The molecule has 0 fully saturated rings. The Bertz CT molecular complexity index is 685. The molecular weight excluding hydrogens is 284 g/mol. The van der Waals surface area contributed by atoms with Gasteiger partial charge in [-0.15, -0.1) is 0 Å². The Kier molecular flexibility index (Phi) is 4.98. The molecule has 0 atom stereocenters. The number of benzene rings is 2. The number of para-hydroxylation sites is 1. The molecule has 4 N–H and O–H groups in total. The molecule has 0 aromatic heterocycles. The zero-order valence-corrected chi connectivity index (χ0v) is 11.7. The van der Waals surface area contributed by atoms with Crippen LogP contribution in [0.5, 0.6) is 11.5 Å². The number of hydrogen-bond donors (Lipinski definition) is 4. The molecule has 6 nitrogen and oxygen atoms in total. The van der Waals surface area contributed by atoms with Crippen molar-refractivity contribution in [2.45, 2.75) is 0 Å². The number of rotatable bonds is 5. The fraction of sp³-hybridized carbons (Fsp3) is 0.125. The van der Waals surface area contributed by atoms with Gasteiger partial charge in [0.1, 0.15) is 11.5 Å². The topological polar surface area (TPSA) is 98.7 Å². The Labute approximate surface area is 127 Å². The van der Waals surface area contributed by atoms with Crippen LogP contribution in [0.15, 0.2) is 48.5 Å². The second-order valence-corrected chi connectivity index (χ2v) is 4.58. The van der Waals surface area contributed by atoms with E-state index in [0.717, 1.165) is 0 Å². The van der Waals surface area contributed by atoms with E-state index in [1.807, 2.05) is 0 Å². The summed E-state index contributed by atoms with van der Waals surface area (Å²) < 4.78 is 0. The summed E-state index contributed by atoms with van der Waals surface area (Å²) in [5, 5.41) is 24.1. The van der Waals surface area contributed by atoms with E-state index in [1.165, 1.54) is 24.3 Å². The molecule has 6 heteroatoms. The molecule has 0 unspecified atom stereocenters. The normalized spacial score (nSPS) is 10.0. The molecule has 0 aliphatic heterocycles. The molecule has 2 amide bonds. The molecule has 22 heavy (non-hydrogen) atoms. The van der Waals surface area contributed by atoms with Gasteiger partial charge in [-0.1, -0.05) is 18.2 Å². The van der Waals surface area contributed by atoms with Crippen LogP contribution >= 0.6 is 0 Å². The first-order valence-electron chi connectivity index (χ1n) is 6.71. The van der Waals surface area contributed by atoms with Gasteiger partial charge < -0.3 is 20.8 Å². The van der Waals surface area contributed by atoms with Crippen LogP contribution in [0.1, 0.15) is 20.7 Å². The van der Waals surface area contributed by atoms with Gasteiger partial charge in [0.15, 0.2) is 0 Å². The van der Waals surface area contributed by atoms with Crippen LogP contribution in [0.25, 0.3) is 0 Å². The van der Waals surface area contributed by atoms with Crippen molar-refractivity contribution in [2.24, 2.45) is 0 Å². The van der Waals surface area contributed by atoms with Gasteiger partial charge >= 0.3 is 0 Å². The average molecular weight is 300 g/mol. The molecule has 0 saturated carbocycles. The Hall–Kier alpha value is -3.02. The molecule has 0 aliphatic rings. The van der Waals surface area contributed by atoms with Crippen LogP contribution in [0, 0.1) is 0 Å². The summed E-state index contributed by atoms with van der Waals surface area (Å²) in [4.78, 5) is 23.6. The number of hydrogen-bond acceptors (Lipinski definition) is 4. The number of phenols is 2. The minimum Gasteiger partial charge on any atom is -0.508 e. The quantitative estimate of drug-likeness (QED) is 0.625. The number of phenolic OH excluding ortho intramolecular Hbond substituents is 2. The third kappa shape index (κ3) is 3.99. The number of carbonyl (C=O) groups is 2. The van der Waals surface area contributed by atoms with Crippen molar-refractivity contribution in [3.05, 3.63) is 59.7 Å². The number of aromatic hydroxyl groups is 2. The van der Waals surface area contributed by atoms with E-state index in [1.54, 1.807) is 24.3 Å². The summed E-state index contributed by atoms with van der Waals surface area (Å²) in [5.74, 6) is -0.832. The minimum absolute atomic E-state index is 0.0144. The second-order valence-electron chi connectivity index (χ2n) is 4.58. The zero-order chi connectivity index (χ0) is 15.9. The maximum atomic E-state index is 11.8. The summed E-state index contributed by atoms with van der Waals surface area (Å²) in [5.41, 5.74) is 0.522. The van der Waals surface area contributed by atoms with Crippen molar-refractivity contribution >= 4 is 11.8 Å². The van der Waals surface area contributed by atoms with Crippen LogP contribution in [-0.4, -0.2) is 35.1 Å². The highest BCUT2D eigenvalue weighted by molar-refractivity contribution is 5.97. The highest BCUT2D eigenvalue weighted by atomic mass is 16.3. The number of carbonyl (C=O) groups excluding carboxylic acids is 2. The zero-order valence-electron chi connectivity index (χ0n) is 11.7. The van der Waals surface area contributed by atoms with E-state index in [-0.39, 0.29) is 36.1 Å². The highest BCUT2D eigenvalue weighted by Crippen LogP contribution is 2.14. The number of nitrogens with one attached hydrogen (secondary N) is 2. The summed E-state index contributed by atoms with van der Waals surface area (Å²) in [6.45, 7) is 0.450. The fourth-order valence-electron chi connectivity index (χ4n) is 1.86. The van der Waals surface area contributed by atoms with Crippen molar-refractivity contribution in [1.82, 2.24) is 10.6 Å². The van der Waals surface area contributed by atoms with Gasteiger partial charge in [0.05, 0.1) is 5.56 Å². The van der Waals surface area contributed by atoms with Crippen molar-refractivity contribution in [3.8, 4) is 11.5 Å². The van der Waals surface area contributed by atoms with Gasteiger partial charge in [-0.2, -0.15) is 0 Å². The largest absolute Gasteiger partial charge is 0.508 e. The molecule has 0 saturated heterocycles. The van der Waals surface area contributed by atoms with Crippen molar-refractivity contribution in [2.75, 3.05) is 13.1 Å². The maximum Gasteiger partial charge on any atom is 0.255 e. The smallest absolute Gasteiger partial charge is 0.255 e. The third-order valence-electron chi connectivity index (χ3n) is 2.95. The lowest BCUT2D eigenvalue weighted by Crippen LogP contribution is -2.34. The Morgan fingerprint density at radius 2 is 1.55 bits per heavy atom. The van der Waals surface area contributed by atoms with Crippen LogP contribution in [0.3, 0.4) is 0 Å². The van der Waals surface area contributed by atoms with Gasteiger partial charge in [0, 0.05) is 18.7 Å².